The van der Waals surface area contributed by atoms with Crippen LogP contribution in [0.15, 0.2) is 34.0 Å². The molecule has 0 aliphatic rings. The van der Waals surface area contributed by atoms with Gasteiger partial charge in [0.15, 0.2) is 0 Å². The normalized spacial score (nSPS) is 10.4. The average Bonchev–Trinajstić information content (AvgIpc) is 2.52. The van der Waals surface area contributed by atoms with E-state index in [9.17, 15) is 9.59 Å². The molecule has 0 atom stereocenters. The van der Waals surface area contributed by atoms with Gasteiger partial charge in [-0.3, -0.25) is 9.59 Å². The molecule has 2 N–H and O–H groups in total. The van der Waals surface area contributed by atoms with E-state index in [-0.39, 0.29) is 18.0 Å². The largest absolute Gasteiger partial charge is 0.496 e. The first kappa shape index (κ1) is 17.1. The van der Waals surface area contributed by atoms with Crippen LogP contribution in [0.5, 0.6) is 5.75 Å². The molecule has 0 saturated carbocycles. The SMILES string of the molecule is COc1cc(SC)ccc1C(=O)NCc1c(C)cc(C)[nH]c1=O. The predicted octanol–water partition coefficient (Wildman–Crippen LogP) is 2.65. The van der Waals surface area contributed by atoms with Crippen molar-refractivity contribution in [3.05, 3.63) is 57.0 Å². The van der Waals surface area contributed by atoms with Crippen molar-refractivity contribution >= 4 is 17.7 Å². The van der Waals surface area contributed by atoms with Gasteiger partial charge in [-0.05, 0) is 49.9 Å². The number of benzene rings is 1. The molecule has 5 nitrogen and oxygen atoms in total. The van der Waals surface area contributed by atoms with E-state index in [4.69, 9.17) is 4.74 Å². The fourth-order valence-corrected chi connectivity index (χ4v) is 2.78. The van der Waals surface area contributed by atoms with E-state index in [0.717, 1.165) is 16.2 Å². The molecule has 0 aliphatic heterocycles. The highest BCUT2D eigenvalue weighted by Crippen LogP contribution is 2.25. The second-order valence-corrected chi connectivity index (χ2v) is 6.07. The summed E-state index contributed by atoms with van der Waals surface area (Å²) >= 11 is 1.58. The summed E-state index contributed by atoms with van der Waals surface area (Å²) in [4.78, 5) is 28.1. The lowest BCUT2D eigenvalue weighted by Gasteiger charge is -2.11. The highest BCUT2D eigenvalue weighted by atomic mass is 32.2. The molecule has 6 heteroatoms. The lowest BCUT2D eigenvalue weighted by atomic mass is 10.1. The lowest BCUT2D eigenvalue weighted by molar-refractivity contribution is 0.0947. The molecule has 1 amide bonds. The van der Waals surface area contributed by atoms with Gasteiger partial charge in [-0.15, -0.1) is 11.8 Å². The zero-order valence-electron chi connectivity index (χ0n) is 13.6. The summed E-state index contributed by atoms with van der Waals surface area (Å²) in [6, 6.07) is 7.30. The Morgan fingerprint density at radius 1 is 1.30 bits per heavy atom. The Balaban J connectivity index is 2.19. The number of methoxy groups -OCH3 is 1. The van der Waals surface area contributed by atoms with Gasteiger partial charge in [-0.25, -0.2) is 0 Å². The molecule has 23 heavy (non-hydrogen) atoms. The Kier molecular flexibility index (Phi) is 5.50. The first-order valence-electron chi connectivity index (χ1n) is 7.16. The van der Waals surface area contributed by atoms with Crippen LogP contribution in [0, 0.1) is 13.8 Å². The zero-order valence-corrected chi connectivity index (χ0v) is 14.5. The smallest absolute Gasteiger partial charge is 0.255 e. The third kappa shape index (κ3) is 3.96. The van der Waals surface area contributed by atoms with Gasteiger partial charge in [-0.1, -0.05) is 0 Å². The Morgan fingerprint density at radius 3 is 2.65 bits per heavy atom. The van der Waals surface area contributed by atoms with Gasteiger partial charge >= 0.3 is 0 Å². The number of aromatic amines is 1. The summed E-state index contributed by atoms with van der Waals surface area (Å²) in [6.07, 6.45) is 1.96. The second-order valence-electron chi connectivity index (χ2n) is 5.19. The van der Waals surface area contributed by atoms with E-state index in [0.29, 0.717) is 16.9 Å². The van der Waals surface area contributed by atoms with Crippen molar-refractivity contribution in [2.45, 2.75) is 25.3 Å². The van der Waals surface area contributed by atoms with Crippen LogP contribution in [-0.4, -0.2) is 24.3 Å². The van der Waals surface area contributed by atoms with Crippen LogP contribution in [0.25, 0.3) is 0 Å². The minimum absolute atomic E-state index is 0.174. The van der Waals surface area contributed by atoms with Crippen LogP contribution < -0.4 is 15.6 Å². The number of rotatable bonds is 5. The van der Waals surface area contributed by atoms with Crippen LogP contribution in [0.4, 0.5) is 0 Å². The van der Waals surface area contributed by atoms with Crippen molar-refractivity contribution in [1.29, 1.82) is 0 Å². The van der Waals surface area contributed by atoms with E-state index in [1.54, 1.807) is 17.8 Å². The minimum Gasteiger partial charge on any atom is -0.496 e. The molecule has 0 aliphatic carbocycles. The summed E-state index contributed by atoms with van der Waals surface area (Å²) in [7, 11) is 1.53. The van der Waals surface area contributed by atoms with E-state index in [2.05, 4.69) is 10.3 Å². The molecule has 0 unspecified atom stereocenters. The number of pyridine rings is 1. The van der Waals surface area contributed by atoms with Crippen LogP contribution in [0.3, 0.4) is 0 Å². The molecule has 2 aromatic rings. The van der Waals surface area contributed by atoms with Gasteiger partial charge in [-0.2, -0.15) is 0 Å². The second kappa shape index (κ2) is 7.37. The molecule has 1 aromatic carbocycles. The summed E-state index contributed by atoms with van der Waals surface area (Å²) < 4.78 is 5.28. The molecular formula is C17H20N2O3S. The first-order valence-corrected chi connectivity index (χ1v) is 8.38. The number of carbonyl (C=O) groups excluding carboxylic acids is 1. The van der Waals surface area contributed by atoms with Crippen LogP contribution in [0.2, 0.25) is 0 Å². The van der Waals surface area contributed by atoms with E-state index in [1.807, 2.05) is 38.3 Å². The van der Waals surface area contributed by atoms with Gasteiger partial charge in [0.25, 0.3) is 11.5 Å². The number of aromatic nitrogens is 1. The van der Waals surface area contributed by atoms with Crippen molar-refractivity contribution in [1.82, 2.24) is 10.3 Å². The van der Waals surface area contributed by atoms with Crippen LogP contribution in [-0.2, 0) is 6.54 Å². The maximum atomic E-state index is 12.4. The topological polar surface area (TPSA) is 71.2 Å². The molecule has 0 bridgehead atoms. The van der Waals surface area contributed by atoms with Gasteiger partial charge < -0.3 is 15.0 Å². The molecule has 0 radical (unpaired) electrons. The molecule has 122 valence electrons. The Bertz CT molecular complexity index is 784. The maximum Gasteiger partial charge on any atom is 0.255 e. The molecule has 1 aromatic heterocycles. The summed E-state index contributed by atoms with van der Waals surface area (Å²) in [5, 5.41) is 2.78. The third-order valence-electron chi connectivity index (χ3n) is 3.57. The number of H-pyrrole nitrogens is 1. The molecule has 0 saturated heterocycles. The summed E-state index contributed by atoms with van der Waals surface area (Å²) in [5.74, 6) is 0.248. The number of amides is 1. The van der Waals surface area contributed by atoms with Crippen molar-refractivity contribution in [2.24, 2.45) is 0 Å². The number of nitrogens with one attached hydrogen (secondary N) is 2. The number of aryl methyl sites for hydroxylation is 2. The fourth-order valence-electron chi connectivity index (χ4n) is 2.35. The summed E-state index contributed by atoms with van der Waals surface area (Å²) in [6.45, 7) is 3.86. The third-order valence-corrected chi connectivity index (χ3v) is 4.30. The maximum absolute atomic E-state index is 12.4. The van der Waals surface area contributed by atoms with Crippen molar-refractivity contribution in [3.63, 3.8) is 0 Å². The molecule has 0 fully saturated rings. The predicted molar refractivity (Wildman–Crippen MR) is 92.5 cm³/mol. The fraction of sp³-hybridized carbons (Fsp3) is 0.294. The van der Waals surface area contributed by atoms with E-state index in [1.165, 1.54) is 7.11 Å². The highest BCUT2D eigenvalue weighted by Gasteiger charge is 2.14. The van der Waals surface area contributed by atoms with E-state index >= 15 is 0 Å². The number of carbonyl (C=O) groups is 1. The van der Waals surface area contributed by atoms with E-state index < -0.39 is 0 Å². The number of thioether (sulfide) groups is 1. The quantitative estimate of drug-likeness (QED) is 0.826. The average molecular weight is 332 g/mol. The Hall–Kier alpha value is -2.21. The van der Waals surface area contributed by atoms with Crippen molar-refractivity contribution in [3.8, 4) is 5.75 Å². The van der Waals surface area contributed by atoms with Crippen LogP contribution in [0.1, 0.15) is 27.2 Å². The number of ether oxygens (including phenoxy) is 1. The zero-order chi connectivity index (χ0) is 17.0. The van der Waals surface area contributed by atoms with Gasteiger partial charge in [0.1, 0.15) is 5.75 Å². The number of hydrogen-bond acceptors (Lipinski definition) is 4. The minimum atomic E-state index is -0.270. The number of hydrogen-bond donors (Lipinski definition) is 2. The lowest BCUT2D eigenvalue weighted by Crippen LogP contribution is -2.28. The van der Waals surface area contributed by atoms with Gasteiger partial charge in [0.05, 0.1) is 12.7 Å². The Labute approximate surface area is 139 Å². The van der Waals surface area contributed by atoms with Crippen molar-refractivity contribution in [2.75, 3.05) is 13.4 Å². The molecule has 2 rings (SSSR count). The molecular weight excluding hydrogens is 312 g/mol. The monoisotopic (exact) mass is 332 g/mol. The standard InChI is InChI=1S/C17H20N2O3S/c1-10-7-11(2)19-17(21)14(10)9-18-16(20)13-6-5-12(23-4)8-15(13)22-3/h5-8H,9H2,1-4H3,(H,18,20)(H,19,21). The van der Waals surface area contributed by atoms with Gasteiger partial charge in [0.2, 0.25) is 0 Å². The summed E-state index contributed by atoms with van der Waals surface area (Å²) in [5.41, 5.74) is 2.50. The van der Waals surface area contributed by atoms with Gasteiger partial charge in [0, 0.05) is 22.7 Å². The van der Waals surface area contributed by atoms with Crippen molar-refractivity contribution < 1.29 is 9.53 Å². The Morgan fingerprint density at radius 2 is 2.04 bits per heavy atom. The van der Waals surface area contributed by atoms with Crippen LogP contribution >= 0.6 is 11.8 Å². The highest BCUT2D eigenvalue weighted by molar-refractivity contribution is 7.98. The first-order chi connectivity index (χ1) is 11.0. The molecule has 1 heterocycles. The molecule has 0 spiro atoms.